The molecule has 2 fully saturated rings. The topological polar surface area (TPSA) is 40.7 Å². The van der Waals surface area contributed by atoms with Gasteiger partial charge < -0.3 is 5.32 Å². The summed E-state index contributed by atoms with van der Waals surface area (Å²) < 4.78 is 0. The van der Waals surface area contributed by atoms with Crippen LogP contribution in [0.15, 0.2) is 12.3 Å². The molecule has 0 radical (unpaired) electrons. The zero-order chi connectivity index (χ0) is 11.0. The van der Waals surface area contributed by atoms with Crippen molar-refractivity contribution in [2.24, 2.45) is 17.8 Å². The fourth-order valence-corrected chi connectivity index (χ4v) is 3.57. The first-order chi connectivity index (χ1) is 7.83. The van der Waals surface area contributed by atoms with Gasteiger partial charge in [-0.3, -0.25) is 5.10 Å². The fraction of sp³-hybridized carbons (Fsp3) is 0.769. The Morgan fingerprint density at radius 3 is 3.06 bits per heavy atom. The molecule has 4 unspecified atom stereocenters. The van der Waals surface area contributed by atoms with E-state index in [1.807, 2.05) is 6.20 Å². The minimum absolute atomic E-state index is 0.404. The van der Waals surface area contributed by atoms with E-state index in [-0.39, 0.29) is 0 Å². The maximum absolute atomic E-state index is 4.00. The molecular weight excluding hydrogens is 198 g/mol. The molecule has 1 aromatic heterocycles. The smallest absolute Gasteiger partial charge is 0.0518 e. The minimum atomic E-state index is 0.404. The highest BCUT2D eigenvalue weighted by atomic mass is 15.1. The summed E-state index contributed by atoms with van der Waals surface area (Å²) >= 11 is 0. The first-order valence-corrected chi connectivity index (χ1v) is 6.55. The quantitative estimate of drug-likeness (QED) is 0.817. The highest BCUT2D eigenvalue weighted by Gasteiger charge is 2.39. The van der Waals surface area contributed by atoms with E-state index < -0.39 is 0 Å². The SMILES string of the molecule is CC(NCC1CC2CCC1C2)c1ccn[nH]1. The predicted octanol–water partition coefficient (Wildman–Crippen LogP) is 2.50. The van der Waals surface area contributed by atoms with Gasteiger partial charge in [0.25, 0.3) is 0 Å². The van der Waals surface area contributed by atoms with E-state index >= 15 is 0 Å². The molecule has 2 aliphatic rings. The van der Waals surface area contributed by atoms with Crippen LogP contribution in [0.3, 0.4) is 0 Å². The second-order valence-corrected chi connectivity index (χ2v) is 5.58. The summed E-state index contributed by atoms with van der Waals surface area (Å²) in [7, 11) is 0. The van der Waals surface area contributed by atoms with Crippen LogP contribution in [0.1, 0.15) is 44.3 Å². The van der Waals surface area contributed by atoms with Crippen LogP contribution in [-0.2, 0) is 0 Å². The van der Waals surface area contributed by atoms with Crippen LogP contribution in [0, 0.1) is 17.8 Å². The molecule has 0 spiro atoms. The van der Waals surface area contributed by atoms with Gasteiger partial charge in [0.05, 0.1) is 5.69 Å². The minimum Gasteiger partial charge on any atom is -0.309 e. The molecular formula is C13H21N3. The van der Waals surface area contributed by atoms with Crippen molar-refractivity contribution in [3.05, 3.63) is 18.0 Å². The van der Waals surface area contributed by atoms with E-state index in [9.17, 15) is 0 Å². The van der Waals surface area contributed by atoms with Gasteiger partial charge in [0.1, 0.15) is 0 Å². The van der Waals surface area contributed by atoms with Crippen LogP contribution in [0.25, 0.3) is 0 Å². The molecule has 1 heterocycles. The molecule has 4 atom stereocenters. The van der Waals surface area contributed by atoms with Crippen molar-refractivity contribution in [2.75, 3.05) is 6.54 Å². The van der Waals surface area contributed by atoms with E-state index in [1.165, 1.54) is 37.9 Å². The lowest BCUT2D eigenvalue weighted by Crippen LogP contribution is -2.28. The van der Waals surface area contributed by atoms with E-state index in [4.69, 9.17) is 0 Å². The molecule has 2 saturated carbocycles. The summed E-state index contributed by atoms with van der Waals surface area (Å²) in [6.45, 7) is 3.39. The van der Waals surface area contributed by atoms with Crippen LogP contribution in [-0.4, -0.2) is 16.7 Å². The highest BCUT2D eigenvalue weighted by molar-refractivity contribution is 5.03. The summed E-state index contributed by atoms with van der Waals surface area (Å²) in [4.78, 5) is 0. The molecule has 2 bridgehead atoms. The Balaban J connectivity index is 1.50. The van der Waals surface area contributed by atoms with Crippen LogP contribution in [0.2, 0.25) is 0 Å². The molecule has 0 saturated heterocycles. The zero-order valence-corrected chi connectivity index (χ0v) is 9.95. The highest BCUT2D eigenvalue weighted by Crippen LogP contribution is 2.48. The third-order valence-electron chi connectivity index (χ3n) is 4.56. The Kier molecular flexibility index (Phi) is 2.72. The second kappa shape index (κ2) is 4.21. The van der Waals surface area contributed by atoms with Crippen LogP contribution in [0.5, 0.6) is 0 Å². The maximum Gasteiger partial charge on any atom is 0.0518 e. The van der Waals surface area contributed by atoms with Gasteiger partial charge in [0, 0.05) is 12.2 Å². The lowest BCUT2D eigenvalue weighted by Gasteiger charge is -2.23. The number of H-pyrrole nitrogens is 1. The Bertz CT molecular complexity index is 333. The van der Waals surface area contributed by atoms with Crippen molar-refractivity contribution in [1.82, 2.24) is 15.5 Å². The van der Waals surface area contributed by atoms with Crippen molar-refractivity contribution in [3.8, 4) is 0 Å². The third kappa shape index (κ3) is 1.88. The molecule has 3 nitrogen and oxygen atoms in total. The number of aromatic amines is 1. The van der Waals surface area contributed by atoms with Gasteiger partial charge in [0.2, 0.25) is 0 Å². The van der Waals surface area contributed by atoms with Gasteiger partial charge in [0.15, 0.2) is 0 Å². The lowest BCUT2D eigenvalue weighted by molar-refractivity contribution is 0.308. The van der Waals surface area contributed by atoms with Gasteiger partial charge in [-0.25, -0.2) is 0 Å². The number of fused-ring (bicyclic) bond motifs is 2. The molecule has 0 aromatic carbocycles. The number of hydrogen-bond donors (Lipinski definition) is 2. The molecule has 1 aromatic rings. The van der Waals surface area contributed by atoms with Gasteiger partial charge >= 0.3 is 0 Å². The van der Waals surface area contributed by atoms with Gasteiger partial charge in [-0.1, -0.05) is 6.42 Å². The lowest BCUT2D eigenvalue weighted by atomic mass is 9.88. The summed E-state index contributed by atoms with van der Waals surface area (Å²) in [5, 5.41) is 10.7. The van der Waals surface area contributed by atoms with Crippen molar-refractivity contribution in [2.45, 2.75) is 38.6 Å². The number of rotatable bonds is 4. The van der Waals surface area contributed by atoms with Gasteiger partial charge in [-0.05, 0) is 56.6 Å². The van der Waals surface area contributed by atoms with Crippen LogP contribution in [0.4, 0.5) is 0 Å². The largest absolute Gasteiger partial charge is 0.309 e. The third-order valence-corrected chi connectivity index (χ3v) is 4.56. The molecule has 0 aliphatic heterocycles. The molecule has 3 heteroatoms. The Hall–Kier alpha value is -0.830. The summed E-state index contributed by atoms with van der Waals surface area (Å²) in [5.41, 5.74) is 1.20. The Morgan fingerprint density at radius 1 is 1.50 bits per heavy atom. The molecule has 0 amide bonds. The first kappa shape index (κ1) is 10.3. The van der Waals surface area contributed by atoms with E-state index in [0.29, 0.717) is 6.04 Å². The number of hydrogen-bond acceptors (Lipinski definition) is 2. The second-order valence-electron chi connectivity index (χ2n) is 5.58. The van der Waals surface area contributed by atoms with Crippen molar-refractivity contribution >= 4 is 0 Å². The molecule has 88 valence electrons. The van der Waals surface area contributed by atoms with E-state index in [1.54, 1.807) is 0 Å². The van der Waals surface area contributed by atoms with E-state index in [2.05, 4.69) is 28.5 Å². The fourth-order valence-electron chi connectivity index (χ4n) is 3.57. The molecule has 3 rings (SSSR count). The monoisotopic (exact) mass is 219 g/mol. The normalized spacial score (nSPS) is 34.4. The van der Waals surface area contributed by atoms with E-state index in [0.717, 1.165) is 17.8 Å². The predicted molar refractivity (Wildman–Crippen MR) is 63.9 cm³/mol. The summed E-state index contributed by atoms with van der Waals surface area (Å²) in [6, 6.07) is 2.46. The zero-order valence-electron chi connectivity index (χ0n) is 9.95. The molecule has 2 aliphatic carbocycles. The van der Waals surface area contributed by atoms with Crippen molar-refractivity contribution in [1.29, 1.82) is 0 Å². The Morgan fingerprint density at radius 2 is 2.44 bits per heavy atom. The average Bonchev–Trinajstić information content (AvgIpc) is 3.01. The standard InChI is InChI=1S/C13H21N3/c1-9(13-4-5-15-16-13)14-8-12-7-10-2-3-11(12)6-10/h4-5,9-12,14H,2-3,6-8H2,1H3,(H,15,16). The van der Waals surface area contributed by atoms with Gasteiger partial charge in [-0.15, -0.1) is 0 Å². The number of nitrogens with zero attached hydrogens (tertiary/aromatic N) is 1. The maximum atomic E-state index is 4.00. The van der Waals surface area contributed by atoms with Crippen molar-refractivity contribution < 1.29 is 0 Å². The van der Waals surface area contributed by atoms with Crippen LogP contribution < -0.4 is 5.32 Å². The first-order valence-electron chi connectivity index (χ1n) is 6.55. The summed E-state index contributed by atoms with van der Waals surface area (Å²) in [6.07, 6.45) is 7.77. The molecule has 2 N–H and O–H groups in total. The van der Waals surface area contributed by atoms with Crippen LogP contribution >= 0.6 is 0 Å². The Labute approximate surface area is 97.0 Å². The molecule has 16 heavy (non-hydrogen) atoms. The van der Waals surface area contributed by atoms with Crippen molar-refractivity contribution in [3.63, 3.8) is 0 Å². The van der Waals surface area contributed by atoms with Gasteiger partial charge in [-0.2, -0.15) is 5.10 Å². The number of nitrogens with one attached hydrogen (secondary N) is 2. The summed E-state index contributed by atoms with van der Waals surface area (Å²) in [5.74, 6) is 3.01. The number of aromatic nitrogens is 2. The average molecular weight is 219 g/mol.